The Labute approximate surface area is 134 Å². The molecule has 128 valence electrons. The monoisotopic (exact) mass is 329 g/mol. The number of halogens is 3. The van der Waals surface area contributed by atoms with Gasteiger partial charge in [0.25, 0.3) is 0 Å². The van der Waals surface area contributed by atoms with E-state index in [-0.39, 0.29) is 18.4 Å². The lowest BCUT2D eigenvalue weighted by Crippen LogP contribution is -2.47. The number of likely N-dealkylation sites (tertiary alicyclic amines) is 1. The first kappa shape index (κ1) is 17.7. The van der Waals surface area contributed by atoms with Gasteiger partial charge in [0.15, 0.2) is 0 Å². The van der Waals surface area contributed by atoms with E-state index in [1.54, 1.807) is 19.3 Å². The van der Waals surface area contributed by atoms with E-state index >= 15 is 0 Å². The highest BCUT2D eigenvalue weighted by molar-refractivity contribution is 5.79. The van der Waals surface area contributed by atoms with Gasteiger partial charge in [0, 0.05) is 32.0 Å². The van der Waals surface area contributed by atoms with Crippen LogP contribution >= 0.6 is 0 Å². The van der Waals surface area contributed by atoms with Crippen LogP contribution in [0.5, 0.6) is 0 Å². The zero-order valence-electron chi connectivity index (χ0n) is 13.2. The molecule has 1 aliphatic heterocycles. The normalized spacial score (nSPS) is 19.6. The zero-order valence-corrected chi connectivity index (χ0v) is 13.2. The van der Waals surface area contributed by atoms with Crippen molar-refractivity contribution in [2.75, 3.05) is 26.2 Å². The van der Waals surface area contributed by atoms with E-state index in [0.717, 1.165) is 23.4 Å². The number of alkyl halides is 3. The minimum atomic E-state index is -4.35. The van der Waals surface area contributed by atoms with Gasteiger partial charge in [0.05, 0.1) is 5.92 Å². The van der Waals surface area contributed by atoms with E-state index in [9.17, 15) is 18.0 Å². The fourth-order valence-corrected chi connectivity index (χ4v) is 2.97. The number of aromatic nitrogens is 1. The molecule has 1 aromatic rings. The van der Waals surface area contributed by atoms with Gasteiger partial charge in [-0.15, -0.1) is 0 Å². The first-order chi connectivity index (χ1) is 10.9. The van der Waals surface area contributed by atoms with Crippen LogP contribution in [0.25, 0.3) is 0 Å². The molecule has 0 aromatic carbocycles. The van der Waals surface area contributed by atoms with E-state index in [0.29, 0.717) is 19.5 Å². The first-order valence-electron chi connectivity index (χ1n) is 7.86. The van der Waals surface area contributed by atoms with Crippen LogP contribution in [-0.2, 0) is 11.3 Å². The second kappa shape index (κ2) is 7.77. The molecule has 1 atom stereocenters. The molecule has 1 amide bonds. The lowest BCUT2D eigenvalue weighted by atomic mass is 9.96. The average molecular weight is 329 g/mol. The van der Waals surface area contributed by atoms with Crippen LogP contribution in [0.3, 0.4) is 0 Å². The van der Waals surface area contributed by atoms with Gasteiger partial charge >= 0.3 is 6.18 Å². The summed E-state index contributed by atoms with van der Waals surface area (Å²) >= 11 is 0. The highest BCUT2D eigenvalue weighted by Gasteiger charge is 2.35. The second-order valence-electron chi connectivity index (χ2n) is 5.90. The molecule has 1 aliphatic rings. The van der Waals surface area contributed by atoms with Crippen molar-refractivity contribution >= 4 is 5.91 Å². The quantitative estimate of drug-likeness (QED) is 0.833. The summed E-state index contributed by atoms with van der Waals surface area (Å²) in [6.45, 7) is 2.56. The molecular weight excluding hydrogens is 307 g/mol. The standard InChI is InChI=1S/C16H22F3N3O/c1-2-22(12-16(17,18)19)15(23)14-4-3-9-21(11-14)10-13-5-7-20-8-6-13/h5-8,14H,2-4,9-12H2,1H3. The summed E-state index contributed by atoms with van der Waals surface area (Å²) in [4.78, 5) is 19.4. The highest BCUT2D eigenvalue weighted by atomic mass is 19.4. The van der Waals surface area contributed by atoms with Crippen molar-refractivity contribution in [1.29, 1.82) is 0 Å². The molecule has 2 heterocycles. The third kappa shape index (κ3) is 5.49. The molecule has 4 nitrogen and oxygen atoms in total. The lowest BCUT2D eigenvalue weighted by Gasteiger charge is -2.35. The largest absolute Gasteiger partial charge is 0.406 e. The minimum Gasteiger partial charge on any atom is -0.334 e. The summed E-state index contributed by atoms with van der Waals surface area (Å²) in [5, 5.41) is 0. The Morgan fingerprint density at radius 2 is 2.09 bits per heavy atom. The molecule has 1 fully saturated rings. The predicted molar refractivity (Wildman–Crippen MR) is 80.5 cm³/mol. The van der Waals surface area contributed by atoms with Crippen LogP contribution in [0, 0.1) is 5.92 Å². The number of rotatable bonds is 5. The molecule has 1 unspecified atom stereocenters. The van der Waals surface area contributed by atoms with Crippen LogP contribution in [0.15, 0.2) is 24.5 Å². The van der Waals surface area contributed by atoms with Crippen LogP contribution in [-0.4, -0.2) is 53.0 Å². The second-order valence-corrected chi connectivity index (χ2v) is 5.90. The third-order valence-corrected chi connectivity index (χ3v) is 4.07. The number of pyridine rings is 1. The maximum atomic E-state index is 12.6. The number of carbonyl (C=O) groups excluding carboxylic acids is 1. The van der Waals surface area contributed by atoms with Gasteiger partial charge in [0.2, 0.25) is 5.91 Å². The number of carbonyl (C=O) groups is 1. The van der Waals surface area contributed by atoms with Crippen molar-refractivity contribution in [3.8, 4) is 0 Å². The van der Waals surface area contributed by atoms with E-state index in [2.05, 4.69) is 9.88 Å². The zero-order chi connectivity index (χ0) is 16.9. The Hall–Kier alpha value is -1.63. The lowest BCUT2D eigenvalue weighted by molar-refractivity contribution is -0.164. The molecular formula is C16H22F3N3O. The Morgan fingerprint density at radius 1 is 1.39 bits per heavy atom. The number of hydrogen-bond acceptors (Lipinski definition) is 3. The molecule has 1 aromatic heterocycles. The Kier molecular flexibility index (Phi) is 5.98. The molecule has 0 N–H and O–H groups in total. The van der Waals surface area contributed by atoms with Crippen LogP contribution in [0.4, 0.5) is 13.2 Å². The highest BCUT2D eigenvalue weighted by Crippen LogP contribution is 2.23. The predicted octanol–water partition coefficient (Wildman–Crippen LogP) is 2.70. The summed E-state index contributed by atoms with van der Waals surface area (Å²) in [6, 6.07) is 3.82. The molecule has 2 rings (SSSR count). The maximum Gasteiger partial charge on any atom is 0.406 e. The van der Waals surface area contributed by atoms with Crippen molar-refractivity contribution in [2.45, 2.75) is 32.5 Å². The number of hydrogen-bond donors (Lipinski definition) is 0. The van der Waals surface area contributed by atoms with Gasteiger partial charge in [0.1, 0.15) is 6.54 Å². The van der Waals surface area contributed by atoms with Gasteiger partial charge in [-0.2, -0.15) is 13.2 Å². The molecule has 0 saturated carbocycles. The number of piperidine rings is 1. The Balaban J connectivity index is 1.95. The van der Waals surface area contributed by atoms with Gasteiger partial charge in [-0.3, -0.25) is 14.7 Å². The number of amides is 1. The van der Waals surface area contributed by atoms with Crippen molar-refractivity contribution in [2.24, 2.45) is 5.92 Å². The number of nitrogens with zero attached hydrogens (tertiary/aromatic N) is 3. The van der Waals surface area contributed by atoms with E-state index in [1.165, 1.54) is 0 Å². The van der Waals surface area contributed by atoms with Crippen molar-refractivity contribution < 1.29 is 18.0 Å². The summed E-state index contributed by atoms with van der Waals surface area (Å²) in [7, 11) is 0. The first-order valence-corrected chi connectivity index (χ1v) is 7.86. The molecule has 7 heteroatoms. The van der Waals surface area contributed by atoms with E-state index in [4.69, 9.17) is 0 Å². The van der Waals surface area contributed by atoms with Gasteiger partial charge < -0.3 is 4.90 Å². The Morgan fingerprint density at radius 3 is 2.70 bits per heavy atom. The summed E-state index contributed by atoms with van der Waals surface area (Å²) in [5.41, 5.74) is 1.09. The third-order valence-electron chi connectivity index (χ3n) is 4.07. The topological polar surface area (TPSA) is 36.4 Å². The van der Waals surface area contributed by atoms with Crippen molar-refractivity contribution in [1.82, 2.24) is 14.8 Å². The van der Waals surface area contributed by atoms with Crippen molar-refractivity contribution in [3.05, 3.63) is 30.1 Å². The van der Waals surface area contributed by atoms with Crippen LogP contribution in [0.2, 0.25) is 0 Å². The van der Waals surface area contributed by atoms with E-state index < -0.39 is 12.7 Å². The van der Waals surface area contributed by atoms with Crippen molar-refractivity contribution in [3.63, 3.8) is 0 Å². The smallest absolute Gasteiger partial charge is 0.334 e. The summed E-state index contributed by atoms with van der Waals surface area (Å²) in [5.74, 6) is -0.739. The molecule has 0 radical (unpaired) electrons. The Bertz CT molecular complexity index is 507. The molecule has 23 heavy (non-hydrogen) atoms. The minimum absolute atomic E-state index is 0.0825. The molecule has 0 spiro atoms. The SMILES string of the molecule is CCN(CC(F)(F)F)C(=O)C1CCCN(Cc2ccncc2)C1. The average Bonchev–Trinajstić information content (AvgIpc) is 2.52. The van der Waals surface area contributed by atoms with Gasteiger partial charge in [-0.05, 0) is 44.0 Å². The fraction of sp³-hybridized carbons (Fsp3) is 0.625. The molecule has 0 aliphatic carbocycles. The van der Waals surface area contributed by atoms with Crippen LogP contribution in [0.1, 0.15) is 25.3 Å². The van der Waals surface area contributed by atoms with Gasteiger partial charge in [-0.1, -0.05) is 0 Å². The molecule has 1 saturated heterocycles. The van der Waals surface area contributed by atoms with E-state index in [1.807, 2.05) is 12.1 Å². The molecule has 0 bridgehead atoms. The van der Waals surface area contributed by atoms with Crippen LogP contribution < -0.4 is 0 Å². The fourth-order valence-electron chi connectivity index (χ4n) is 2.97. The maximum absolute atomic E-state index is 12.6. The summed E-state index contributed by atoms with van der Waals surface area (Å²) < 4.78 is 37.7. The van der Waals surface area contributed by atoms with Gasteiger partial charge in [-0.25, -0.2) is 0 Å². The summed E-state index contributed by atoms with van der Waals surface area (Å²) in [6.07, 6.45) is 0.552.